The lowest BCUT2D eigenvalue weighted by molar-refractivity contribution is -0.137. The van der Waals surface area contributed by atoms with Gasteiger partial charge < -0.3 is 5.84 Å². The Morgan fingerprint density at radius 1 is 1.12 bits per heavy atom. The molecule has 5 nitrogen and oxygen atoms in total. The lowest BCUT2D eigenvalue weighted by Gasteiger charge is -2.08. The highest BCUT2D eigenvalue weighted by Crippen LogP contribution is 2.31. The van der Waals surface area contributed by atoms with Gasteiger partial charge in [-0.3, -0.25) is 4.98 Å². The molecule has 124 valence electrons. The molecule has 0 amide bonds. The van der Waals surface area contributed by atoms with Gasteiger partial charge in [-0.1, -0.05) is 30.0 Å². The summed E-state index contributed by atoms with van der Waals surface area (Å²) in [5.74, 6) is 6.70. The first-order valence-corrected chi connectivity index (χ1v) is 7.83. The summed E-state index contributed by atoms with van der Waals surface area (Å²) in [6, 6.07) is 8.71. The standard InChI is InChI=1S/C15H12F3N5S/c16-15(17,18)12-5-1-3-10(7-12)9-24-14-22-21-13(23(14)19)11-4-2-6-20-8-11/h1-8H,9,19H2. The lowest BCUT2D eigenvalue weighted by Crippen LogP contribution is -2.11. The molecule has 0 bridgehead atoms. The van der Waals surface area contributed by atoms with E-state index in [4.69, 9.17) is 5.84 Å². The highest BCUT2D eigenvalue weighted by Gasteiger charge is 2.30. The molecule has 0 aliphatic heterocycles. The third kappa shape index (κ3) is 3.51. The molecule has 0 saturated heterocycles. The predicted octanol–water partition coefficient (Wildman–Crippen LogP) is 3.37. The summed E-state index contributed by atoms with van der Waals surface area (Å²) in [5, 5.41) is 8.39. The lowest BCUT2D eigenvalue weighted by atomic mass is 10.1. The Bertz CT molecular complexity index is 833. The minimum Gasteiger partial charge on any atom is -0.335 e. The molecule has 0 aliphatic rings. The monoisotopic (exact) mass is 351 g/mol. The van der Waals surface area contributed by atoms with E-state index in [0.717, 1.165) is 12.1 Å². The number of pyridine rings is 1. The van der Waals surface area contributed by atoms with Crippen molar-refractivity contribution in [3.8, 4) is 11.4 Å². The SMILES string of the molecule is Nn1c(SCc2cccc(C(F)(F)F)c2)nnc1-c1cccnc1. The van der Waals surface area contributed by atoms with E-state index in [9.17, 15) is 13.2 Å². The molecule has 0 fully saturated rings. The number of aromatic nitrogens is 4. The van der Waals surface area contributed by atoms with Gasteiger partial charge in [0.05, 0.1) is 5.56 Å². The van der Waals surface area contributed by atoms with Gasteiger partial charge in [-0.25, -0.2) is 4.68 Å². The second kappa shape index (κ2) is 6.52. The van der Waals surface area contributed by atoms with Gasteiger partial charge in [-0.15, -0.1) is 10.2 Å². The van der Waals surface area contributed by atoms with Crippen molar-refractivity contribution in [3.05, 3.63) is 59.9 Å². The predicted molar refractivity (Wildman–Crippen MR) is 84.4 cm³/mol. The minimum atomic E-state index is -4.36. The van der Waals surface area contributed by atoms with E-state index < -0.39 is 11.7 Å². The van der Waals surface area contributed by atoms with Gasteiger partial charge in [-0.2, -0.15) is 13.2 Å². The van der Waals surface area contributed by atoms with Gasteiger partial charge in [0.25, 0.3) is 0 Å². The van der Waals surface area contributed by atoms with Crippen molar-refractivity contribution in [2.75, 3.05) is 5.84 Å². The van der Waals surface area contributed by atoms with Crippen molar-refractivity contribution < 1.29 is 13.2 Å². The van der Waals surface area contributed by atoms with Gasteiger partial charge in [0.15, 0.2) is 5.82 Å². The Balaban J connectivity index is 1.75. The molecule has 0 aliphatic carbocycles. The second-order valence-corrected chi connectivity index (χ2v) is 5.85. The Morgan fingerprint density at radius 2 is 1.96 bits per heavy atom. The van der Waals surface area contributed by atoms with Crippen LogP contribution >= 0.6 is 11.8 Å². The third-order valence-corrected chi connectivity index (χ3v) is 4.22. The Morgan fingerprint density at radius 3 is 2.67 bits per heavy atom. The van der Waals surface area contributed by atoms with Crippen LogP contribution in [0.4, 0.5) is 13.2 Å². The zero-order valence-electron chi connectivity index (χ0n) is 12.2. The maximum absolute atomic E-state index is 12.7. The molecule has 0 radical (unpaired) electrons. The molecule has 3 aromatic rings. The van der Waals surface area contributed by atoms with Crippen LogP contribution in [0.5, 0.6) is 0 Å². The summed E-state index contributed by atoms with van der Waals surface area (Å²) in [7, 11) is 0. The number of thioether (sulfide) groups is 1. The quantitative estimate of drug-likeness (QED) is 0.576. The highest BCUT2D eigenvalue weighted by molar-refractivity contribution is 7.98. The first kappa shape index (κ1) is 16.3. The van der Waals surface area contributed by atoms with Gasteiger partial charge in [0, 0.05) is 23.7 Å². The van der Waals surface area contributed by atoms with E-state index in [1.54, 1.807) is 30.6 Å². The Kier molecular flexibility index (Phi) is 4.43. The molecular formula is C15H12F3N5S. The van der Waals surface area contributed by atoms with Gasteiger partial charge in [0.2, 0.25) is 5.16 Å². The van der Waals surface area contributed by atoms with Crippen molar-refractivity contribution in [2.24, 2.45) is 0 Å². The average molecular weight is 351 g/mol. The summed E-state index contributed by atoms with van der Waals surface area (Å²) in [5.41, 5.74) is 0.560. The van der Waals surface area contributed by atoms with Gasteiger partial charge >= 0.3 is 6.18 Å². The maximum atomic E-state index is 12.7. The molecule has 2 N–H and O–H groups in total. The fraction of sp³-hybridized carbons (Fsp3) is 0.133. The molecule has 3 rings (SSSR count). The van der Waals surface area contributed by atoms with Crippen LogP contribution in [-0.4, -0.2) is 19.9 Å². The van der Waals surface area contributed by atoms with Gasteiger partial charge in [-0.05, 0) is 23.8 Å². The van der Waals surface area contributed by atoms with E-state index in [1.807, 2.05) is 0 Å². The molecule has 24 heavy (non-hydrogen) atoms. The summed E-state index contributed by atoms with van der Waals surface area (Å²) in [4.78, 5) is 3.99. The number of hydrogen-bond acceptors (Lipinski definition) is 5. The largest absolute Gasteiger partial charge is 0.416 e. The number of nitrogens with zero attached hydrogens (tertiary/aromatic N) is 4. The van der Waals surface area contributed by atoms with Crippen LogP contribution in [0.1, 0.15) is 11.1 Å². The average Bonchev–Trinajstić information content (AvgIpc) is 2.94. The van der Waals surface area contributed by atoms with Crippen molar-refractivity contribution >= 4 is 11.8 Å². The van der Waals surface area contributed by atoms with Gasteiger partial charge in [0.1, 0.15) is 0 Å². The maximum Gasteiger partial charge on any atom is 0.416 e. The van der Waals surface area contributed by atoms with Crippen LogP contribution in [-0.2, 0) is 11.9 Å². The number of hydrogen-bond donors (Lipinski definition) is 1. The molecule has 2 heterocycles. The molecule has 0 spiro atoms. The highest BCUT2D eigenvalue weighted by atomic mass is 32.2. The van der Waals surface area contributed by atoms with Crippen molar-refractivity contribution in [1.29, 1.82) is 0 Å². The molecule has 9 heteroatoms. The van der Waals surface area contributed by atoms with E-state index in [0.29, 0.717) is 27.9 Å². The Hall–Kier alpha value is -2.55. The fourth-order valence-corrected chi connectivity index (χ4v) is 2.85. The number of rotatable bonds is 4. The van der Waals surface area contributed by atoms with Crippen molar-refractivity contribution in [2.45, 2.75) is 17.1 Å². The first-order chi connectivity index (χ1) is 11.4. The van der Waals surface area contributed by atoms with E-state index in [2.05, 4.69) is 15.2 Å². The minimum absolute atomic E-state index is 0.298. The number of alkyl halides is 3. The van der Waals surface area contributed by atoms with Crippen LogP contribution in [0.25, 0.3) is 11.4 Å². The van der Waals surface area contributed by atoms with E-state index >= 15 is 0 Å². The fourth-order valence-electron chi connectivity index (χ4n) is 2.05. The number of nitrogen functional groups attached to an aromatic ring is 1. The molecular weight excluding hydrogens is 339 g/mol. The van der Waals surface area contributed by atoms with Crippen LogP contribution in [0, 0.1) is 0 Å². The van der Waals surface area contributed by atoms with Crippen LogP contribution < -0.4 is 5.84 Å². The third-order valence-electron chi connectivity index (χ3n) is 3.21. The van der Waals surface area contributed by atoms with Crippen molar-refractivity contribution in [1.82, 2.24) is 19.9 Å². The zero-order chi connectivity index (χ0) is 17.2. The topological polar surface area (TPSA) is 69.6 Å². The van der Waals surface area contributed by atoms with E-state index in [1.165, 1.54) is 22.5 Å². The van der Waals surface area contributed by atoms with E-state index in [-0.39, 0.29) is 0 Å². The van der Waals surface area contributed by atoms with Crippen molar-refractivity contribution in [3.63, 3.8) is 0 Å². The number of nitrogens with two attached hydrogens (primary N) is 1. The molecule has 0 saturated carbocycles. The molecule has 1 aromatic carbocycles. The smallest absolute Gasteiger partial charge is 0.335 e. The van der Waals surface area contributed by atoms with Crippen LogP contribution in [0.2, 0.25) is 0 Å². The normalized spacial score (nSPS) is 11.6. The molecule has 0 unspecified atom stereocenters. The summed E-state index contributed by atoms with van der Waals surface area (Å²) in [6.45, 7) is 0. The summed E-state index contributed by atoms with van der Waals surface area (Å²) < 4.78 is 39.5. The second-order valence-electron chi connectivity index (χ2n) is 4.90. The number of benzene rings is 1. The molecule has 0 atom stereocenters. The zero-order valence-corrected chi connectivity index (χ0v) is 13.1. The molecule has 2 aromatic heterocycles. The summed E-state index contributed by atoms with van der Waals surface area (Å²) >= 11 is 1.21. The number of halogens is 3. The summed E-state index contributed by atoms with van der Waals surface area (Å²) in [6.07, 6.45) is -1.12. The van der Waals surface area contributed by atoms with Crippen LogP contribution in [0.15, 0.2) is 53.9 Å². The van der Waals surface area contributed by atoms with Crippen LogP contribution in [0.3, 0.4) is 0 Å². The first-order valence-electron chi connectivity index (χ1n) is 6.85. The Labute approximate surface area is 139 Å².